The van der Waals surface area contributed by atoms with E-state index in [1.165, 1.54) is 12.4 Å². The first-order chi connectivity index (χ1) is 14.7. The van der Waals surface area contributed by atoms with Gasteiger partial charge < -0.3 is 5.73 Å². The fourth-order valence-corrected chi connectivity index (χ4v) is 3.44. The van der Waals surface area contributed by atoms with Gasteiger partial charge in [0.05, 0.1) is 11.4 Å². The number of aliphatic imine (C=N–C) groups is 2. The number of amidine groups is 1. The number of nitrogens with zero attached hydrogens (tertiary/aromatic N) is 4. The largest absolute Gasteiger partial charge is 0.386 e. The molecular formula is C24H21N5O. The molecule has 0 spiro atoms. The molecule has 2 aromatic rings. The third kappa shape index (κ3) is 3.75. The number of rotatable bonds is 4. The van der Waals surface area contributed by atoms with Crippen LogP contribution in [-0.2, 0) is 0 Å². The summed E-state index contributed by atoms with van der Waals surface area (Å²) < 4.78 is 0. The topological polar surface area (TPSA) is 83.4 Å². The van der Waals surface area contributed by atoms with E-state index in [0.29, 0.717) is 11.4 Å². The highest BCUT2D eigenvalue weighted by atomic mass is 16.1. The molecule has 2 aliphatic rings. The lowest BCUT2D eigenvalue weighted by molar-refractivity contribution is 0.104. The molecule has 0 radical (unpaired) electrons. The number of hydrazone groups is 1. The number of hydrogen-bond acceptors (Lipinski definition) is 6. The first-order valence-corrected chi connectivity index (χ1v) is 9.57. The van der Waals surface area contributed by atoms with Gasteiger partial charge in [-0.05, 0) is 23.8 Å². The summed E-state index contributed by atoms with van der Waals surface area (Å²) in [5.74, 6) is 0.114. The number of anilines is 1. The molecule has 2 aromatic carbocycles. The molecule has 148 valence electrons. The fourth-order valence-electron chi connectivity index (χ4n) is 3.44. The number of hydrogen-bond donors (Lipinski definition) is 1. The number of allylic oxidation sites excluding steroid dienone is 1. The maximum absolute atomic E-state index is 12.0. The van der Waals surface area contributed by atoms with Gasteiger partial charge in [-0.2, -0.15) is 5.10 Å². The Morgan fingerprint density at radius 2 is 1.63 bits per heavy atom. The average Bonchev–Trinajstić information content (AvgIpc) is 3.18. The van der Waals surface area contributed by atoms with Gasteiger partial charge in [0.1, 0.15) is 18.1 Å². The molecule has 0 aliphatic carbocycles. The Bertz CT molecular complexity index is 1120. The maximum atomic E-state index is 12.0. The van der Waals surface area contributed by atoms with Crippen LogP contribution in [0, 0.1) is 5.92 Å². The Balaban J connectivity index is 1.81. The minimum Gasteiger partial charge on any atom is -0.386 e. The zero-order valence-electron chi connectivity index (χ0n) is 16.3. The molecule has 2 unspecified atom stereocenters. The zero-order valence-corrected chi connectivity index (χ0v) is 16.3. The van der Waals surface area contributed by atoms with Gasteiger partial charge in [-0.3, -0.25) is 4.79 Å². The molecule has 6 heteroatoms. The Morgan fingerprint density at radius 3 is 2.40 bits per heavy atom. The van der Waals surface area contributed by atoms with Crippen LogP contribution in [0.25, 0.3) is 0 Å². The lowest BCUT2D eigenvalue weighted by Crippen LogP contribution is -2.42. The summed E-state index contributed by atoms with van der Waals surface area (Å²) in [4.78, 5) is 20.8. The van der Waals surface area contributed by atoms with Crippen LogP contribution in [0.3, 0.4) is 0 Å². The highest BCUT2D eigenvalue weighted by Gasteiger charge is 2.42. The van der Waals surface area contributed by atoms with Crippen LogP contribution in [0.4, 0.5) is 5.69 Å². The second kappa shape index (κ2) is 8.53. The molecule has 0 saturated carbocycles. The summed E-state index contributed by atoms with van der Waals surface area (Å²) in [5, 5.41) is 6.72. The van der Waals surface area contributed by atoms with Gasteiger partial charge >= 0.3 is 0 Å². The second-order valence-corrected chi connectivity index (χ2v) is 6.79. The van der Waals surface area contributed by atoms with Gasteiger partial charge in [0.2, 0.25) is 0 Å². The van der Waals surface area contributed by atoms with Gasteiger partial charge in [0, 0.05) is 5.56 Å². The summed E-state index contributed by atoms with van der Waals surface area (Å²) in [6.07, 6.45) is 2.46. The molecule has 30 heavy (non-hydrogen) atoms. The molecule has 2 atom stereocenters. The Morgan fingerprint density at radius 1 is 0.967 bits per heavy atom. The van der Waals surface area contributed by atoms with Crippen molar-refractivity contribution in [3.05, 3.63) is 103 Å². The van der Waals surface area contributed by atoms with Crippen LogP contribution in [0.2, 0.25) is 0 Å². The van der Waals surface area contributed by atoms with Crippen molar-refractivity contribution in [3.8, 4) is 0 Å². The van der Waals surface area contributed by atoms with Crippen molar-refractivity contribution in [2.45, 2.75) is 6.17 Å². The third-order valence-electron chi connectivity index (χ3n) is 4.92. The SMILES string of the molecule is C=CC(=O)c1cccccc(N2N=C(c3ccccc3)C3C(N)=NC=NC32)ccc1. The summed E-state index contributed by atoms with van der Waals surface area (Å²) >= 11 is 0. The van der Waals surface area contributed by atoms with E-state index in [0.717, 1.165) is 17.0 Å². The standard InChI is InChI=1S/C24H21N5O/c1-2-20(30)17-10-5-4-8-14-19(15-9-13-17)29-24-21(23(25)26-16-27-24)22(28-29)18-11-6-3-7-12-18/h2-16,21,24H,1H2,(H2,25,26,27). The zero-order chi connectivity index (χ0) is 20.9. The average molecular weight is 395 g/mol. The van der Waals surface area contributed by atoms with Gasteiger partial charge in [-0.25, -0.2) is 15.0 Å². The second-order valence-electron chi connectivity index (χ2n) is 6.79. The fraction of sp³-hybridized carbons (Fsp3) is 0.0833. The Hall–Kier alpha value is -4.06. The maximum Gasteiger partial charge on any atom is 0.185 e. The lowest BCUT2D eigenvalue weighted by Gasteiger charge is -2.25. The summed E-state index contributed by atoms with van der Waals surface area (Å²) in [6.45, 7) is 3.56. The van der Waals surface area contributed by atoms with Crippen molar-refractivity contribution >= 4 is 29.4 Å². The van der Waals surface area contributed by atoms with Gasteiger partial charge in [-0.15, -0.1) is 0 Å². The van der Waals surface area contributed by atoms with Crippen LogP contribution in [0.15, 0.2) is 107 Å². The first-order valence-electron chi connectivity index (χ1n) is 9.57. The molecule has 0 saturated heterocycles. The van der Waals surface area contributed by atoms with Crippen LogP contribution in [0.5, 0.6) is 0 Å². The lowest BCUT2D eigenvalue weighted by atomic mass is 9.93. The van der Waals surface area contributed by atoms with Crippen molar-refractivity contribution in [2.24, 2.45) is 26.7 Å². The molecule has 2 aliphatic heterocycles. The summed E-state index contributed by atoms with van der Waals surface area (Å²) in [7, 11) is 0. The summed E-state index contributed by atoms with van der Waals surface area (Å²) in [5.41, 5.74) is 9.41. The number of carbonyl (C=O) groups excluding carboxylic acids is 1. The van der Waals surface area contributed by atoms with Crippen LogP contribution in [0.1, 0.15) is 15.9 Å². The molecule has 0 aromatic heterocycles. The Kier molecular flexibility index (Phi) is 5.48. The molecule has 2 N–H and O–H groups in total. The molecular weight excluding hydrogens is 374 g/mol. The predicted octanol–water partition coefficient (Wildman–Crippen LogP) is 3.75. The van der Waals surface area contributed by atoms with E-state index < -0.39 is 0 Å². The molecule has 0 amide bonds. The molecule has 0 bridgehead atoms. The van der Waals surface area contributed by atoms with E-state index in [9.17, 15) is 4.79 Å². The van der Waals surface area contributed by atoms with E-state index in [-0.39, 0.29) is 17.9 Å². The van der Waals surface area contributed by atoms with Gasteiger partial charge in [0.15, 0.2) is 11.9 Å². The molecule has 0 fully saturated rings. The van der Waals surface area contributed by atoms with Crippen molar-refractivity contribution in [1.29, 1.82) is 0 Å². The quantitative estimate of drug-likeness (QED) is 0.632. The smallest absolute Gasteiger partial charge is 0.185 e. The minimum absolute atomic E-state index is 0.137. The third-order valence-corrected chi connectivity index (χ3v) is 4.92. The van der Waals surface area contributed by atoms with E-state index in [4.69, 9.17) is 10.8 Å². The Labute approximate surface area is 175 Å². The van der Waals surface area contributed by atoms with E-state index >= 15 is 0 Å². The summed E-state index contributed by atoms with van der Waals surface area (Å²) in [6, 6.07) is 24.6. The normalized spacial score (nSPS) is 19.3. The van der Waals surface area contributed by atoms with Crippen molar-refractivity contribution in [1.82, 2.24) is 0 Å². The molecule has 2 heterocycles. The highest BCUT2D eigenvalue weighted by Crippen LogP contribution is 2.32. The predicted molar refractivity (Wildman–Crippen MR) is 121 cm³/mol. The van der Waals surface area contributed by atoms with Crippen molar-refractivity contribution < 1.29 is 4.79 Å². The van der Waals surface area contributed by atoms with E-state index in [1.54, 1.807) is 12.1 Å². The van der Waals surface area contributed by atoms with Crippen LogP contribution >= 0.6 is 0 Å². The molecule has 4 rings (SSSR count). The number of fused-ring (bicyclic) bond motifs is 1. The van der Waals surface area contributed by atoms with E-state index in [1.807, 2.05) is 71.7 Å². The van der Waals surface area contributed by atoms with E-state index in [2.05, 4.69) is 16.6 Å². The molecule has 6 nitrogen and oxygen atoms in total. The van der Waals surface area contributed by atoms with Crippen molar-refractivity contribution in [2.75, 3.05) is 5.01 Å². The van der Waals surface area contributed by atoms with Gasteiger partial charge in [0.25, 0.3) is 0 Å². The van der Waals surface area contributed by atoms with Crippen LogP contribution < -0.4 is 10.7 Å². The number of carbonyl (C=O) groups is 1. The van der Waals surface area contributed by atoms with Crippen molar-refractivity contribution in [3.63, 3.8) is 0 Å². The number of nitrogens with two attached hydrogens (primary N) is 1. The first kappa shape index (κ1) is 19.3. The minimum atomic E-state index is -0.321. The number of ketones is 1. The number of benzene rings is 1. The van der Waals surface area contributed by atoms with Gasteiger partial charge in [-0.1, -0.05) is 73.3 Å². The highest BCUT2D eigenvalue weighted by molar-refractivity contribution is 6.18. The van der Waals surface area contributed by atoms with Crippen LogP contribution in [-0.4, -0.2) is 29.8 Å². The monoisotopic (exact) mass is 395 g/mol.